The zero-order chi connectivity index (χ0) is 33.8. The molecule has 0 unspecified atom stereocenters. The fourth-order valence-electron chi connectivity index (χ4n) is 5.38. The van der Waals surface area contributed by atoms with Gasteiger partial charge in [0.25, 0.3) is 0 Å². The van der Waals surface area contributed by atoms with E-state index in [1.165, 1.54) is 115 Å². The van der Waals surface area contributed by atoms with Gasteiger partial charge < -0.3 is 13.9 Å². The summed E-state index contributed by atoms with van der Waals surface area (Å²) in [6.07, 6.45) is 31.9. The van der Waals surface area contributed by atoms with E-state index in [1.54, 1.807) is 7.11 Å². The predicted molar refractivity (Wildman–Crippen MR) is 204 cm³/mol. The van der Waals surface area contributed by atoms with E-state index in [1.807, 2.05) is 12.1 Å². The van der Waals surface area contributed by atoms with Crippen molar-refractivity contribution in [3.05, 3.63) is 42.0 Å². The number of allylic oxidation sites excluding steroid dienone is 2. The predicted octanol–water partition coefficient (Wildman–Crippen LogP) is 13.4. The van der Waals surface area contributed by atoms with Crippen LogP contribution >= 0.6 is 0 Å². The standard InChI is InChI=1S/C42H74O3Si/c1-8-9-10-11-12-13-14-15-16-17-18-19-20-21-22-23-24-25-26-27-28-29-30-31-41(45-46(6,7)42(2,3)4)36-37-44-38-39-32-34-40(43-5)35-33-39/h15-16,32-35,41H,8-14,17-22,25-31,36-38H2,1-7H3/b16-15+/t41-/m1/s1. The third-order valence-electron chi connectivity index (χ3n) is 9.55. The Bertz CT molecular complexity index is 919. The minimum absolute atomic E-state index is 0.222. The number of benzene rings is 1. The van der Waals surface area contributed by atoms with Crippen molar-refractivity contribution < 1.29 is 13.9 Å². The lowest BCUT2D eigenvalue weighted by atomic mass is 10.1. The Labute approximate surface area is 288 Å². The molecule has 0 N–H and O–H groups in total. The summed E-state index contributed by atoms with van der Waals surface area (Å²) in [7, 11) is -0.111. The molecule has 1 atom stereocenters. The van der Waals surface area contributed by atoms with Crippen LogP contribution in [0.4, 0.5) is 0 Å². The van der Waals surface area contributed by atoms with Gasteiger partial charge in [0.1, 0.15) is 5.75 Å². The average Bonchev–Trinajstić information content (AvgIpc) is 3.02. The quantitative estimate of drug-likeness (QED) is 0.0389. The van der Waals surface area contributed by atoms with Crippen LogP contribution in [-0.4, -0.2) is 28.1 Å². The van der Waals surface area contributed by atoms with Crippen molar-refractivity contribution in [3.8, 4) is 17.6 Å². The third-order valence-corrected chi connectivity index (χ3v) is 14.1. The van der Waals surface area contributed by atoms with Crippen molar-refractivity contribution in [2.45, 2.75) is 193 Å². The Morgan fingerprint density at radius 1 is 0.696 bits per heavy atom. The normalized spacial score (nSPS) is 12.8. The average molecular weight is 655 g/mol. The number of methoxy groups -OCH3 is 1. The summed E-state index contributed by atoms with van der Waals surface area (Å²) in [4.78, 5) is 0. The Kier molecular flexibility index (Phi) is 25.3. The lowest BCUT2D eigenvalue weighted by Gasteiger charge is -2.39. The molecule has 0 aromatic heterocycles. The zero-order valence-electron chi connectivity index (χ0n) is 31.5. The molecule has 0 bridgehead atoms. The molecule has 0 fully saturated rings. The summed E-state index contributed by atoms with van der Waals surface area (Å²) in [6.45, 7) is 15.4. The maximum Gasteiger partial charge on any atom is 0.192 e. The highest BCUT2D eigenvalue weighted by molar-refractivity contribution is 6.74. The van der Waals surface area contributed by atoms with E-state index in [-0.39, 0.29) is 11.1 Å². The second-order valence-electron chi connectivity index (χ2n) is 14.8. The molecule has 0 aliphatic rings. The maximum absolute atomic E-state index is 6.86. The molecule has 3 nitrogen and oxygen atoms in total. The van der Waals surface area contributed by atoms with Gasteiger partial charge in [0.05, 0.1) is 13.7 Å². The first-order chi connectivity index (χ1) is 22.2. The monoisotopic (exact) mass is 655 g/mol. The summed E-state index contributed by atoms with van der Waals surface area (Å²) < 4.78 is 18.2. The first-order valence-corrected chi connectivity index (χ1v) is 22.1. The van der Waals surface area contributed by atoms with Crippen LogP contribution in [-0.2, 0) is 15.8 Å². The molecule has 0 saturated carbocycles. The minimum Gasteiger partial charge on any atom is -0.497 e. The smallest absolute Gasteiger partial charge is 0.192 e. The van der Waals surface area contributed by atoms with Crippen LogP contribution in [0.1, 0.15) is 168 Å². The van der Waals surface area contributed by atoms with E-state index < -0.39 is 8.32 Å². The van der Waals surface area contributed by atoms with E-state index in [0.29, 0.717) is 6.61 Å². The Morgan fingerprint density at radius 2 is 1.22 bits per heavy atom. The van der Waals surface area contributed by atoms with Gasteiger partial charge >= 0.3 is 0 Å². The molecule has 0 heterocycles. The van der Waals surface area contributed by atoms with Crippen molar-refractivity contribution in [2.24, 2.45) is 0 Å². The molecule has 1 aromatic carbocycles. The van der Waals surface area contributed by atoms with Gasteiger partial charge in [-0.15, -0.1) is 11.8 Å². The highest BCUT2D eigenvalue weighted by Crippen LogP contribution is 2.38. The zero-order valence-corrected chi connectivity index (χ0v) is 32.5. The van der Waals surface area contributed by atoms with E-state index >= 15 is 0 Å². The fourth-order valence-corrected chi connectivity index (χ4v) is 6.80. The minimum atomic E-state index is -1.81. The number of hydrogen-bond acceptors (Lipinski definition) is 3. The van der Waals surface area contributed by atoms with E-state index in [2.05, 4.69) is 76.9 Å². The van der Waals surface area contributed by atoms with Crippen molar-refractivity contribution in [2.75, 3.05) is 13.7 Å². The van der Waals surface area contributed by atoms with Crippen LogP contribution in [0, 0.1) is 11.8 Å². The van der Waals surface area contributed by atoms with Gasteiger partial charge in [0.2, 0.25) is 0 Å². The van der Waals surface area contributed by atoms with Crippen molar-refractivity contribution in [3.63, 3.8) is 0 Å². The molecule has 0 aliphatic carbocycles. The highest BCUT2D eigenvalue weighted by Gasteiger charge is 2.38. The molecule has 4 heteroatoms. The van der Waals surface area contributed by atoms with Crippen molar-refractivity contribution >= 4 is 8.32 Å². The molecule has 46 heavy (non-hydrogen) atoms. The summed E-state index contributed by atoms with van der Waals surface area (Å²) in [6, 6.07) is 8.14. The fraction of sp³-hybridized carbons (Fsp3) is 0.762. The molecule has 0 saturated heterocycles. The molecular weight excluding hydrogens is 581 g/mol. The SMILES string of the molecule is CCCCCCCC/C=C/CCCCCCC#CCCCCCCC[C@H](CCOCc1ccc(OC)cc1)O[Si](C)(C)C(C)(C)C. The van der Waals surface area contributed by atoms with Crippen LogP contribution in [0.25, 0.3) is 0 Å². The van der Waals surface area contributed by atoms with Gasteiger partial charge in [-0.05, 0) is 87.2 Å². The molecule has 264 valence electrons. The summed E-state index contributed by atoms with van der Waals surface area (Å²) in [5.74, 6) is 7.74. The van der Waals surface area contributed by atoms with Crippen LogP contribution in [0.5, 0.6) is 5.75 Å². The van der Waals surface area contributed by atoms with Gasteiger partial charge in [0.15, 0.2) is 8.32 Å². The van der Waals surface area contributed by atoms with Crippen LogP contribution in [0.15, 0.2) is 36.4 Å². The van der Waals surface area contributed by atoms with Crippen molar-refractivity contribution in [1.29, 1.82) is 0 Å². The van der Waals surface area contributed by atoms with Crippen LogP contribution < -0.4 is 4.74 Å². The number of unbranched alkanes of at least 4 members (excludes halogenated alkanes) is 16. The second-order valence-corrected chi connectivity index (χ2v) is 19.6. The number of ether oxygens (including phenoxy) is 2. The van der Waals surface area contributed by atoms with Gasteiger partial charge in [-0.2, -0.15) is 0 Å². The van der Waals surface area contributed by atoms with Crippen LogP contribution in [0.2, 0.25) is 18.1 Å². The molecule has 0 spiro atoms. The summed E-state index contributed by atoms with van der Waals surface area (Å²) >= 11 is 0. The first-order valence-electron chi connectivity index (χ1n) is 19.2. The Hall–Kier alpha value is -1.54. The van der Waals surface area contributed by atoms with E-state index in [9.17, 15) is 0 Å². The molecule has 0 aliphatic heterocycles. The van der Waals surface area contributed by atoms with Gasteiger partial charge in [-0.1, -0.05) is 123 Å². The van der Waals surface area contributed by atoms with Gasteiger partial charge in [-0.3, -0.25) is 0 Å². The van der Waals surface area contributed by atoms with Crippen LogP contribution in [0.3, 0.4) is 0 Å². The Morgan fingerprint density at radius 3 is 1.76 bits per heavy atom. The van der Waals surface area contributed by atoms with Crippen molar-refractivity contribution in [1.82, 2.24) is 0 Å². The first kappa shape index (κ1) is 42.5. The Balaban J connectivity index is 2.11. The number of hydrogen-bond donors (Lipinski definition) is 0. The maximum atomic E-state index is 6.86. The summed E-state index contributed by atoms with van der Waals surface area (Å²) in [5, 5.41) is 0.222. The molecule has 1 rings (SSSR count). The van der Waals surface area contributed by atoms with Gasteiger partial charge in [0, 0.05) is 25.6 Å². The highest BCUT2D eigenvalue weighted by atomic mass is 28.4. The second kappa shape index (κ2) is 27.4. The van der Waals surface area contributed by atoms with E-state index in [4.69, 9.17) is 13.9 Å². The summed E-state index contributed by atoms with van der Waals surface area (Å²) in [5.41, 5.74) is 1.18. The third kappa shape index (κ3) is 22.9. The molecule has 0 amide bonds. The largest absolute Gasteiger partial charge is 0.497 e. The van der Waals surface area contributed by atoms with E-state index in [0.717, 1.165) is 38.0 Å². The molecule has 0 radical (unpaired) electrons. The van der Waals surface area contributed by atoms with Gasteiger partial charge in [-0.25, -0.2) is 0 Å². The molecular formula is C42H74O3Si. The lowest BCUT2D eigenvalue weighted by molar-refractivity contribution is 0.0731. The lowest BCUT2D eigenvalue weighted by Crippen LogP contribution is -2.44. The topological polar surface area (TPSA) is 27.7 Å². The number of rotatable bonds is 28. The molecule has 1 aromatic rings.